The molecule has 0 spiro atoms. The summed E-state index contributed by atoms with van der Waals surface area (Å²) in [7, 11) is 1.70. The highest BCUT2D eigenvalue weighted by molar-refractivity contribution is 5.75. The SMILES string of the molecule is COCC(CCCCCCOc1ccc(N=Nc2ccc(C#N)cc2)cc1)COC(=O)CCCCCCCCCCCCC(C)=O. The number of esters is 1. The van der Waals surface area contributed by atoms with Crippen LogP contribution in [0.25, 0.3) is 0 Å². The maximum absolute atomic E-state index is 12.2. The molecule has 0 radical (unpaired) electrons. The van der Waals surface area contributed by atoms with Gasteiger partial charge >= 0.3 is 5.97 Å². The first-order chi connectivity index (χ1) is 22.5. The Balaban J connectivity index is 1.45. The van der Waals surface area contributed by atoms with E-state index in [0.29, 0.717) is 43.3 Å². The van der Waals surface area contributed by atoms with Gasteiger partial charge in [-0.3, -0.25) is 4.79 Å². The lowest BCUT2D eigenvalue weighted by Crippen LogP contribution is -2.18. The molecule has 1 atom stereocenters. The molecule has 8 nitrogen and oxygen atoms in total. The molecule has 252 valence electrons. The Kier molecular flexibility index (Phi) is 21.5. The lowest BCUT2D eigenvalue weighted by atomic mass is 10.0. The molecule has 0 fully saturated rings. The Hall–Kier alpha value is -3.57. The van der Waals surface area contributed by atoms with E-state index in [1.54, 1.807) is 38.3 Å². The zero-order valence-corrected chi connectivity index (χ0v) is 28.2. The van der Waals surface area contributed by atoms with Crippen LogP contribution in [0.1, 0.15) is 122 Å². The van der Waals surface area contributed by atoms with Crippen LogP contribution >= 0.6 is 0 Å². The van der Waals surface area contributed by atoms with Gasteiger partial charge in [-0.25, -0.2) is 0 Å². The topological polar surface area (TPSA) is 110 Å². The number of hydrogen-bond donors (Lipinski definition) is 0. The number of nitrogens with zero attached hydrogens (tertiary/aromatic N) is 3. The van der Waals surface area contributed by atoms with Crippen LogP contribution in [0.15, 0.2) is 58.8 Å². The number of carbonyl (C=O) groups is 2. The molecular formula is C38H55N3O5. The first-order valence-electron chi connectivity index (χ1n) is 17.3. The van der Waals surface area contributed by atoms with E-state index in [2.05, 4.69) is 16.3 Å². The molecule has 46 heavy (non-hydrogen) atoms. The monoisotopic (exact) mass is 633 g/mol. The summed E-state index contributed by atoms with van der Waals surface area (Å²) in [6.45, 7) is 3.37. The van der Waals surface area contributed by atoms with Crippen LogP contribution in [0.4, 0.5) is 11.4 Å². The van der Waals surface area contributed by atoms with Crippen molar-refractivity contribution in [2.45, 2.75) is 116 Å². The highest BCUT2D eigenvalue weighted by atomic mass is 16.5. The second-order valence-corrected chi connectivity index (χ2v) is 12.1. The number of unbranched alkanes of at least 4 members (excludes halogenated alkanes) is 12. The van der Waals surface area contributed by atoms with E-state index in [9.17, 15) is 9.59 Å². The first-order valence-corrected chi connectivity index (χ1v) is 17.3. The van der Waals surface area contributed by atoms with Gasteiger partial charge in [0.15, 0.2) is 0 Å². The number of rotatable bonds is 27. The van der Waals surface area contributed by atoms with Gasteiger partial charge in [0.1, 0.15) is 11.5 Å². The average molecular weight is 634 g/mol. The van der Waals surface area contributed by atoms with Crippen LogP contribution in [0.2, 0.25) is 0 Å². The largest absolute Gasteiger partial charge is 0.494 e. The van der Waals surface area contributed by atoms with Crippen LogP contribution in [0, 0.1) is 17.2 Å². The average Bonchev–Trinajstić information content (AvgIpc) is 3.06. The number of azo groups is 1. The Morgan fingerprint density at radius 1 is 0.696 bits per heavy atom. The maximum atomic E-state index is 12.2. The third-order valence-corrected chi connectivity index (χ3v) is 7.93. The minimum Gasteiger partial charge on any atom is -0.494 e. The van der Waals surface area contributed by atoms with Crippen molar-refractivity contribution in [2.75, 3.05) is 26.9 Å². The van der Waals surface area contributed by atoms with Crippen LogP contribution < -0.4 is 4.74 Å². The molecule has 0 aliphatic rings. The van der Waals surface area contributed by atoms with E-state index in [1.807, 2.05) is 24.3 Å². The molecule has 0 N–H and O–H groups in total. The van der Waals surface area contributed by atoms with Crippen molar-refractivity contribution in [1.29, 1.82) is 5.26 Å². The molecule has 0 aliphatic heterocycles. The number of hydrogen-bond acceptors (Lipinski definition) is 8. The standard InChI is InChI=1S/C38H55N3O5/c1-32(42)17-13-9-7-5-3-4-6-8-10-15-19-38(43)46-31-34(30-44-2)18-14-11-12-16-28-45-37-26-24-36(25-27-37)41-40-35-22-20-33(29-39)21-23-35/h20-27,34H,3-19,28,30-31H2,1-2H3. The zero-order valence-electron chi connectivity index (χ0n) is 28.2. The minimum absolute atomic E-state index is 0.0915. The molecule has 0 heterocycles. The van der Waals surface area contributed by atoms with Crippen LogP contribution in [0.3, 0.4) is 0 Å². The molecule has 2 aromatic carbocycles. The minimum atomic E-state index is -0.0915. The van der Waals surface area contributed by atoms with Gasteiger partial charge in [-0.1, -0.05) is 70.6 Å². The van der Waals surface area contributed by atoms with Crippen molar-refractivity contribution >= 4 is 23.1 Å². The molecule has 0 saturated heterocycles. The zero-order chi connectivity index (χ0) is 33.1. The van der Waals surface area contributed by atoms with Gasteiger partial charge in [0.2, 0.25) is 0 Å². The fraction of sp³-hybridized carbons (Fsp3) is 0.605. The second-order valence-electron chi connectivity index (χ2n) is 12.1. The van der Waals surface area contributed by atoms with Crippen LogP contribution in [0.5, 0.6) is 5.75 Å². The Bertz CT molecular complexity index is 1160. The molecular weight excluding hydrogens is 578 g/mol. The van der Waals surface area contributed by atoms with E-state index in [1.165, 1.54) is 44.9 Å². The molecule has 8 heteroatoms. The summed E-state index contributed by atoms with van der Waals surface area (Å²) >= 11 is 0. The summed E-state index contributed by atoms with van der Waals surface area (Å²) in [6.07, 6.45) is 18.1. The first kappa shape index (κ1) is 38.6. The van der Waals surface area contributed by atoms with E-state index in [-0.39, 0.29) is 11.9 Å². The van der Waals surface area contributed by atoms with Gasteiger partial charge in [0.05, 0.1) is 42.8 Å². The molecule has 0 amide bonds. The third-order valence-electron chi connectivity index (χ3n) is 7.93. The number of benzene rings is 2. The van der Waals surface area contributed by atoms with E-state index in [4.69, 9.17) is 19.5 Å². The second kappa shape index (κ2) is 25.6. The summed E-state index contributed by atoms with van der Waals surface area (Å²) in [6, 6.07) is 16.6. The predicted molar refractivity (Wildman–Crippen MR) is 183 cm³/mol. The summed E-state index contributed by atoms with van der Waals surface area (Å²) < 4.78 is 16.8. The smallest absolute Gasteiger partial charge is 0.305 e. The van der Waals surface area contributed by atoms with Crippen molar-refractivity contribution in [2.24, 2.45) is 16.1 Å². The number of nitriles is 1. The lowest BCUT2D eigenvalue weighted by Gasteiger charge is -2.16. The van der Waals surface area contributed by atoms with Crippen molar-refractivity contribution in [1.82, 2.24) is 0 Å². The van der Waals surface area contributed by atoms with E-state index < -0.39 is 0 Å². The quantitative estimate of drug-likeness (QED) is 0.0550. The number of Topliss-reactive ketones (excluding diaryl/α,β-unsaturated/α-hetero) is 1. The fourth-order valence-electron chi connectivity index (χ4n) is 5.20. The fourth-order valence-corrected chi connectivity index (χ4v) is 5.20. The molecule has 0 aromatic heterocycles. The van der Waals surface area contributed by atoms with Crippen molar-refractivity contribution in [3.05, 3.63) is 54.1 Å². The lowest BCUT2D eigenvalue weighted by molar-refractivity contribution is -0.145. The number of carbonyl (C=O) groups excluding carboxylic acids is 2. The van der Waals surface area contributed by atoms with Gasteiger partial charge in [-0.2, -0.15) is 15.5 Å². The van der Waals surface area contributed by atoms with Crippen LogP contribution in [-0.4, -0.2) is 38.7 Å². The number of ether oxygens (including phenoxy) is 3. The van der Waals surface area contributed by atoms with Crippen LogP contribution in [-0.2, 0) is 19.1 Å². The summed E-state index contributed by atoms with van der Waals surface area (Å²) in [4.78, 5) is 23.2. The van der Waals surface area contributed by atoms with Crippen molar-refractivity contribution in [3.63, 3.8) is 0 Å². The van der Waals surface area contributed by atoms with E-state index in [0.717, 1.165) is 69.2 Å². The molecule has 0 aliphatic carbocycles. The number of ketones is 1. The molecule has 1 unspecified atom stereocenters. The van der Waals surface area contributed by atoms with E-state index >= 15 is 0 Å². The third kappa shape index (κ3) is 19.7. The van der Waals surface area contributed by atoms with Gasteiger partial charge in [0.25, 0.3) is 0 Å². The Morgan fingerprint density at radius 2 is 1.22 bits per heavy atom. The molecule has 2 aromatic rings. The van der Waals surface area contributed by atoms with Gasteiger partial charge in [-0.05, 0) is 81.1 Å². The summed E-state index contributed by atoms with van der Waals surface area (Å²) in [5.41, 5.74) is 2.03. The Morgan fingerprint density at radius 3 is 1.78 bits per heavy atom. The van der Waals surface area contributed by atoms with Crippen molar-refractivity contribution in [3.8, 4) is 11.8 Å². The highest BCUT2D eigenvalue weighted by Crippen LogP contribution is 2.22. The summed E-state index contributed by atoms with van der Waals surface area (Å²) in [5, 5.41) is 17.3. The Labute approximate surface area is 276 Å². The maximum Gasteiger partial charge on any atom is 0.305 e. The van der Waals surface area contributed by atoms with Gasteiger partial charge in [-0.15, -0.1) is 0 Å². The molecule has 0 bridgehead atoms. The summed E-state index contributed by atoms with van der Waals surface area (Å²) in [5.74, 6) is 1.25. The van der Waals surface area contributed by atoms with Gasteiger partial charge < -0.3 is 19.0 Å². The highest BCUT2D eigenvalue weighted by Gasteiger charge is 2.12. The molecule has 0 saturated carbocycles. The predicted octanol–water partition coefficient (Wildman–Crippen LogP) is 10.4. The van der Waals surface area contributed by atoms with Crippen molar-refractivity contribution < 1.29 is 23.8 Å². The number of methoxy groups -OCH3 is 1. The van der Waals surface area contributed by atoms with Gasteiger partial charge in [0, 0.05) is 25.9 Å². The molecule has 2 rings (SSSR count). The normalized spacial score (nSPS) is 11.8.